The molecule has 0 radical (unpaired) electrons. The summed E-state index contributed by atoms with van der Waals surface area (Å²) in [5.41, 5.74) is 17.5. The van der Waals surface area contributed by atoms with Gasteiger partial charge >= 0.3 is 11.9 Å². The number of imidazole rings is 1. The van der Waals surface area contributed by atoms with Gasteiger partial charge in [0, 0.05) is 37.8 Å². The minimum absolute atomic E-state index is 0.0440. The van der Waals surface area contributed by atoms with Gasteiger partial charge in [-0.1, -0.05) is 39.8 Å². The van der Waals surface area contributed by atoms with E-state index in [1.165, 1.54) is 41.7 Å². The van der Waals surface area contributed by atoms with E-state index in [4.69, 9.17) is 22.3 Å². The smallest absolute Gasteiger partial charge is 0.326 e. The first-order valence-corrected chi connectivity index (χ1v) is 20.5. The number of nitrogens with two attached hydrogens (primary N) is 3. The lowest BCUT2D eigenvalue weighted by Crippen LogP contribution is -2.61. The molecular formula is C40H60N12O11. The largest absolute Gasteiger partial charge is 0.508 e. The summed E-state index contributed by atoms with van der Waals surface area (Å²) in [7, 11) is 0. The Morgan fingerprint density at radius 1 is 0.810 bits per heavy atom. The van der Waals surface area contributed by atoms with Gasteiger partial charge in [0.15, 0.2) is 5.96 Å². The summed E-state index contributed by atoms with van der Waals surface area (Å²) in [6.45, 7) is 6.78. The zero-order valence-electron chi connectivity index (χ0n) is 35.7. The fraction of sp³-hybridized carbons (Fsp3) is 0.550. The first-order valence-electron chi connectivity index (χ1n) is 20.5. The van der Waals surface area contributed by atoms with E-state index >= 15 is 0 Å². The van der Waals surface area contributed by atoms with Gasteiger partial charge in [0.1, 0.15) is 42.0 Å². The molecule has 23 heteroatoms. The van der Waals surface area contributed by atoms with Crippen molar-refractivity contribution < 1.29 is 53.7 Å². The van der Waals surface area contributed by atoms with E-state index in [1.54, 1.807) is 27.7 Å². The number of phenolic OH excluding ortho intramolecular Hbond substituents is 1. The number of rotatable bonds is 24. The number of nitrogens with one attached hydrogen (secondary N) is 6. The number of aliphatic imine (C=N–C) groups is 1. The summed E-state index contributed by atoms with van der Waals surface area (Å²) < 4.78 is 0. The third-order valence-electron chi connectivity index (χ3n) is 10.2. The van der Waals surface area contributed by atoms with Crippen LogP contribution >= 0.6 is 0 Å². The van der Waals surface area contributed by atoms with Crippen LogP contribution in [-0.2, 0) is 51.2 Å². The highest BCUT2D eigenvalue weighted by molar-refractivity contribution is 5.97. The number of carboxylic acids is 2. The number of hydrogen-bond donors (Lipinski definition) is 12. The molecule has 2 aromatic rings. The third kappa shape index (κ3) is 15.9. The Labute approximate surface area is 363 Å². The number of carboxylic acid groups (broad SMARTS) is 2. The Hall–Kier alpha value is -6.78. The third-order valence-corrected chi connectivity index (χ3v) is 10.2. The monoisotopic (exact) mass is 884 g/mol. The molecule has 1 fully saturated rings. The number of amides is 6. The summed E-state index contributed by atoms with van der Waals surface area (Å²) in [4.78, 5) is 118. The average molecular weight is 885 g/mol. The standard InChI is InChI=1S/C40H60N12O11/c1-20(2)31(50-34(57)26(7-5-13-45-40(42)43)47-33(56)25(41)17-30(54)55)36(59)48-27(15-22-9-11-24(53)12-10-22)35(58)51-32(21(3)4)37(60)49-28(16-23-18-44-19-46-23)38(61)52-14-6-8-29(52)39(62)63/h9-12,18-21,25-29,31-32,53H,5-8,13-17,41H2,1-4H3,(H,44,46)(H,47,56)(H,48,59)(H,49,60)(H,50,57)(H,51,58)(H,54,55)(H,62,63)(H4,42,43,45)/t25-,26-,27-,28-,29-,31-,32-/m0/s1. The molecule has 1 aromatic heterocycles. The van der Waals surface area contributed by atoms with Gasteiger partial charge in [-0.25, -0.2) is 9.78 Å². The summed E-state index contributed by atoms with van der Waals surface area (Å²) in [6.07, 6.45) is 2.74. The van der Waals surface area contributed by atoms with Gasteiger partial charge < -0.3 is 69.0 Å². The van der Waals surface area contributed by atoms with Crippen molar-refractivity contribution in [1.29, 1.82) is 0 Å². The molecule has 23 nitrogen and oxygen atoms in total. The van der Waals surface area contributed by atoms with Crippen molar-refractivity contribution in [1.82, 2.24) is 41.5 Å². The molecule has 0 spiro atoms. The molecular weight excluding hydrogens is 825 g/mol. The predicted octanol–water partition coefficient (Wildman–Crippen LogP) is -2.43. The fourth-order valence-corrected chi connectivity index (χ4v) is 6.81. The molecule has 0 bridgehead atoms. The number of nitrogens with zero attached hydrogens (tertiary/aromatic N) is 3. The molecule has 0 saturated carbocycles. The lowest BCUT2D eigenvalue weighted by Gasteiger charge is -2.31. The predicted molar refractivity (Wildman–Crippen MR) is 226 cm³/mol. The number of H-pyrrole nitrogens is 1. The number of phenols is 1. The van der Waals surface area contributed by atoms with Gasteiger partial charge in [0.25, 0.3) is 0 Å². The number of benzene rings is 1. The highest BCUT2D eigenvalue weighted by atomic mass is 16.4. The van der Waals surface area contributed by atoms with Crippen molar-refractivity contribution in [3.8, 4) is 5.75 Å². The normalized spacial score (nSPS) is 16.4. The summed E-state index contributed by atoms with van der Waals surface area (Å²) in [6, 6.07) is -3.30. The summed E-state index contributed by atoms with van der Waals surface area (Å²) in [5, 5.41) is 41.8. The average Bonchev–Trinajstić information content (AvgIpc) is 3.92. The Kier molecular flexibility index (Phi) is 19.3. The van der Waals surface area contributed by atoms with Gasteiger partial charge in [-0.15, -0.1) is 0 Å². The maximum Gasteiger partial charge on any atom is 0.326 e. The second-order valence-electron chi connectivity index (χ2n) is 16.0. The fourth-order valence-electron chi connectivity index (χ4n) is 6.81. The van der Waals surface area contributed by atoms with Gasteiger partial charge in [-0.2, -0.15) is 0 Å². The number of carbonyl (C=O) groups excluding carboxylic acids is 6. The van der Waals surface area contributed by atoms with E-state index < -0.39 is 108 Å². The van der Waals surface area contributed by atoms with Crippen LogP contribution < -0.4 is 43.8 Å². The molecule has 1 aromatic carbocycles. The van der Waals surface area contributed by atoms with Crippen LogP contribution in [0.5, 0.6) is 5.75 Å². The number of aromatic hydroxyl groups is 1. The van der Waals surface area contributed by atoms with Gasteiger partial charge in [-0.3, -0.25) is 38.6 Å². The van der Waals surface area contributed by atoms with E-state index in [0.29, 0.717) is 17.7 Å². The van der Waals surface area contributed by atoms with E-state index in [1.807, 2.05) is 0 Å². The van der Waals surface area contributed by atoms with Gasteiger partial charge in [-0.05, 0) is 55.2 Å². The quantitative estimate of drug-likeness (QED) is 0.0296. The lowest BCUT2D eigenvalue weighted by atomic mass is 9.98. The van der Waals surface area contributed by atoms with Crippen molar-refractivity contribution in [2.45, 2.75) is 115 Å². The minimum Gasteiger partial charge on any atom is -0.508 e. The topological polar surface area (TPSA) is 380 Å². The van der Waals surface area contributed by atoms with Crippen LogP contribution in [0.3, 0.4) is 0 Å². The Bertz CT molecular complexity index is 1940. The number of guanidine groups is 1. The van der Waals surface area contributed by atoms with E-state index in [0.717, 1.165) is 0 Å². The Morgan fingerprint density at radius 3 is 1.90 bits per heavy atom. The maximum absolute atomic E-state index is 14.2. The Morgan fingerprint density at radius 2 is 1.38 bits per heavy atom. The Balaban J connectivity index is 1.88. The van der Waals surface area contributed by atoms with Crippen LogP contribution in [0.1, 0.15) is 71.1 Å². The zero-order valence-corrected chi connectivity index (χ0v) is 35.7. The van der Waals surface area contributed by atoms with Crippen molar-refractivity contribution in [2.75, 3.05) is 13.1 Å². The molecule has 1 saturated heterocycles. The SMILES string of the molecule is CC(C)[C@H](NC(=O)[C@H](CCCN=C(N)N)NC(=O)[C@@H](N)CC(=O)O)C(=O)N[C@@H](Cc1ccc(O)cc1)C(=O)N[C@H](C(=O)N[C@@H](Cc1cnc[nH]1)C(=O)N1CCC[C@H]1C(=O)O)C(C)C. The number of aliphatic carboxylic acids is 2. The molecule has 0 aliphatic carbocycles. The van der Waals surface area contributed by atoms with Crippen LogP contribution in [0.4, 0.5) is 0 Å². The highest BCUT2D eigenvalue weighted by Crippen LogP contribution is 2.20. The number of likely N-dealkylation sites (tertiary alicyclic amines) is 1. The van der Waals surface area contributed by atoms with E-state index in [9.17, 15) is 48.6 Å². The maximum atomic E-state index is 14.2. The molecule has 15 N–H and O–H groups in total. The second-order valence-corrected chi connectivity index (χ2v) is 16.0. The first-order chi connectivity index (χ1) is 29.7. The molecule has 6 amide bonds. The molecule has 63 heavy (non-hydrogen) atoms. The van der Waals surface area contributed by atoms with Gasteiger partial charge in [0.2, 0.25) is 35.4 Å². The molecule has 7 atom stereocenters. The number of aromatic nitrogens is 2. The van der Waals surface area contributed by atoms with Crippen molar-refractivity contribution in [2.24, 2.45) is 34.0 Å². The summed E-state index contributed by atoms with van der Waals surface area (Å²) >= 11 is 0. The zero-order chi connectivity index (χ0) is 47.0. The van der Waals surface area contributed by atoms with Crippen LogP contribution in [0, 0.1) is 11.8 Å². The number of carbonyl (C=O) groups is 8. The highest BCUT2D eigenvalue weighted by Gasteiger charge is 2.40. The van der Waals surface area contributed by atoms with Crippen LogP contribution in [-0.4, -0.2) is 139 Å². The molecule has 3 rings (SSSR count). The van der Waals surface area contributed by atoms with Crippen LogP contribution in [0.15, 0.2) is 41.8 Å². The number of aromatic amines is 1. The molecule has 1 aliphatic rings. The van der Waals surface area contributed by atoms with E-state index in [-0.39, 0.29) is 56.9 Å². The summed E-state index contributed by atoms with van der Waals surface area (Å²) in [5.74, 6) is -8.76. The van der Waals surface area contributed by atoms with Crippen LogP contribution in [0.2, 0.25) is 0 Å². The van der Waals surface area contributed by atoms with Crippen molar-refractivity contribution in [3.63, 3.8) is 0 Å². The van der Waals surface area contributed by atoms with Crippen LogP contribution in [0.25, 0.3) is 0 Å². The van der Waals surface area contributed by atoms with E-state index in [2.05, 4.69) is 41.5 Å². The van der Waals surface area contributed by atoms with Crippen molar-refractivity contribution in [3.05, 3.63) is 48.0 Å². The van der Waals surface area contributed by atoms with Gasteiger partial charge in [0.05, 0.1) is 18.8 Å². The molecule has 346 valence electrons. The molecule has 0 unspecified atom stereocenters. The lowest BCUT2D eigenvalue weighted by molar-refractivity contribution is -0.149. The minimum atomic E-state index is -1.49. The second kappa shape index (κ2) is 24.0. The number of hydrogen-bond acceptors (Lipinski definition) is 12. The van der Waals surface area contributed by atoms with Crippen molar-refractivity contribution >= 4 is 53.3 Å². The molecule has 1 aliphatic heterocycles. The molecule has 2 heterocycles. The first kappa shape index (κ1) is 50.6.